The average molecular weight is 456 g/mol. The summed E-state index contributed by atoms with van der Waals surface area (Å²) in [6.07, 6.45) is 3.05. The zero-order valence-corrected chi connectivity index (χ0v) is 17.9. The molecule has 1 aliphatic heterocycles. The normalized spacial score (nSPS) is 16.4. The van der Waals surface area contributed by atoms with Crippen LogP contribution in [-0.4, -0.2) is 47.9 Å². The summed E-state index contributed by atoms with van der Waals surface area (Å²) in [7, 11) is 0. The molecule has 154 valence electrons. The van der Waals surface area contributed by atoms with Crippen molar-refractivity contribution >= 4 is 52.4 Å². The molecular formula is C20H21Cl3N4O2. The minimum atomic E-state index is -0.225. The van der Waals surface area contributed by atoms with Crippen LogP contribution >= 0.6 is 34.8 Å². The van der Waals surface area contributed by atoms with Gasteiger partial charge in [-0.1, -0.05) is 34.8 Å². The Morgan fingerprint density at radius 3 is 2.59 bits per heavy atom. The van der Waals surface area contributed by atoms with Crippen molar-refractivity contribution in [1.29, 1.82) is 0 Å². The number of piperidine rings is 1. The molecule has 9 heteroatoms. The van der Waals surface area contributed by atoms with Gasteiger partial charge in [-0.2, -0.15) is 0 Å². The summed E-state index contributed by atoms with van der Waals surface area (Å²) in [4.78, 5) is 31.0. The molecule has 2 amide bonds. The summed E-state index contributed by atoms with van der Waals surface area (Å²) in [5, 5.41) is 7.44. The molecule has 6 nitrogen and oxygen atoms in total. The molecule has 1 unspecified atom stereocenters. The van der Waals surface area contributed by atoms with Crippen molar-refractivity contribution in [1.82, 2.24) is 15.2 Å². The number of rotatable bonds is 6. The standard InChI is InChI=1S/C20H21Cl3N4O2/c21-15-5-3-13(4-6-15)20(29)27-9-1-2-14(12-27)19(28)25-8-7-24-18-17(23)10-16(22)11-26-18/h3-6,10-11,14H,1-2,7-9,12H2,(H,24,26)(H,25,28). The largest absolute Gasteiger partial charge is 0.367 e. The smallest absolute Gasteiger partial charge is 0.253 e. The van der Waals surface area contributed by atoms with Gasteiger partial charge in [0.1, 0.15) is 5.82 Å². The molecular weight excluding hydrogens is 435 g/mol. The van der Waals surface area contributed by atoms with Crippen LogP contribution in [0.25, 0.3) is 0 Å². The van der Waals surface area contributed by atoms with Crippen molar-refractivity contribution in [2.75, 3.05) is 31.5 Å². The Labute approximate surface area is 184 Å². The summed E-state index contributed by atoms with van der Waals surface area (Å²) >= 11 is 17.8. The van der Waals surface area contributed by atoms with Crippen molar-refractivity contribution in [2.45, 2.75) is 12.8 Å². The second-order valence-electron chi connectivity index (χ2n) is 6.80. The fourth-order valence-corrected chi connectivity index (χ4v) is 3.78. The molecule has 1 atom stereocenters. The number of nitrogens with zero attached hydrogens (tertiary/aromatic N) is 2. The molecule has 29 heavy (non-hydrogen) atoms. The lowest BCUT2D eigenvalue weighted by Gasteiger charge is -2.32. The second kappa shape index (κ2) is 10.1. The Morgan fingerprint density at radius 1 is 1.10 bits per heavy atom. The van der Waals surface area contributed by atoms with E-state index in [1.54, 1.807) is 35.2 Å². The number of hydrogen-bond acceptors (Lipinski definition) is 4. The Kier molecular flexibility index (Phi) is 7.58. The first-order valence-corrected chi connectivity index (χ1v) is 10.4. The predicted molar refractivity (Wildman–Crippen MR) is 116 cm³/mol. The predicted octanol–water partition coefficient (Wildman–Crippen LogP) is 4.12. The van der Waals surface area contributed by atoms with Gasteiger partial charge in [-0.15, -0.1) is 0 Å². The molecule has 0 radical (unpaired) electrons. The van der Waals surface area contributed by atoms with Crippen LogP contribution in [0.1, 0.15) is 23.2 Å². The number of benzene rings is 1. The van der Waals surface area contributed by atoms with E-state index in [2.05, 4.69) is 15.6 Å². The number of carbonyl (C=O) groups excluding carboxylic acids is 2. The molecule has 1 aliphatic rings. The van der Waals surface area contributed by atoms with Gasteiger partial charge in [0, 0.05) is 43.0 Å². The van der Waals surface area contributed by atoms with Crippen molar-refractivity contribution < 1.29 is 9.59 Å². The van der Waals surface area contributed by atoms with Gasteiger partial charge in [0.15, 0.2) is 0 Å². The lowest BCUT2D eigenvalue weighted by molar-refractivity contribution is -0.126. The van der Waals surface area contributed by atoms with E-state index in [4.69, 9.17) is 34.8 Å². The zero-order chi connectivity index (χ0) is 20.8. The van der Waals surface area contributed by atoms with E-state index in [9.17, 15) is 9.59 Å². The molecule has 2 aromatic rings. The number of carbonyl (C=O) groups is 2. The van der Waals surface area contributed by atoms with Gasteiger partial charge in [-0.25, -0.2) is 4.98 Å². The topological polar surface area (TPSA) is 74.3 Å². The van der Waals surface area contributed by atoms with Gasteiger partial charge in [-0.05, 0) is 43.2 Å². The van der Waals surface area contributed by atoms with Crippen LogP contribution in [0.4, 0.5) is 5.82 Å². The highest BCUT2D eigenvalue weighted by atomic mass is 35.5. The molecule has 0 aliphatic carbocycles. The Hall–Kier alpha value is -2.02. The lowest BCUT2D eigenvalue weighted by atomic mass is 9.96. The van der Waals surface area contributed by atoms with Crippen LogP contribution < -0.4 is 10.6 Å². The van der Waals surface area contributed by atoms with E-state index in [0.29, 0.717) is 52.6 Å². The second-order valence-corrected chi connectivity index (χ2v) is 8.08. The highest BCUT2D eigenvalue weighted by Gasteiger charge is 2.28. The molecule has 1 aromatic heterocycles. The maximum absolute atomic E-state index is 12.7. The number of aromatic nitrogens is 1. The quantitative estimate of drug-likeness (QED) is 0.643. The Morgan fingerprint density at radius 2 is 1.86 bits per heavy atom. The van der Waals surface area contributed by atoms with Gasteiger partial charge in [0.25, 0.3) is 5.91 Å². The molecule has 1 fully saturated rings. The maximum atomic E-state index is 12.7. The minimum absolute atomic E-state index is 0.0597. The van der Waals surface area contributed by atoms with Gasteiger partial charge < -0.3 is 15.5 Å². The SMILES string of the molecule is O=C(NCCNc1ncc(Cl)cc1Cl)C1CCCN(C(=O)c2ccc(Cl)cc2)C1. The fraction of sp³-hybridized carbons (Fsp3) is 0.350. The van der Waals surface area contributed by atoms with Gasteiger partial charge >= 0.3 is 0 Å². The van der Waals surface area contributed by atoms with E-state index < -0.39 is 0 Å². The molecule has 0 saturated carbocycles. The zero-order valence-electron chi connectivity index (χ0n) is 15.6. The first kappa shape index (κ1) is 21.7. The molecule has 1 saturated heterocycles. The van der Waals surface area contributed by atoms with E-state index in [1.165, 1.54) is 6.20 Å². The van der Waals surface area contributed by atoms with Crippen LogP contribution in [0, 0.1) is 5.92 Å². The summed E-state index contributed by atoms with van der Waals surface area (Å²) in [6, 6.07) is 8.40. The van der Waals surface area contributed by atoms with Crippen molar-refractivity contribution in [2.24, 2.45) is 5.92 Å². The summed E-state index contributed by atoms with van der Waals surface area (Å²) in [6.45, 7) is 1.94. The number of likely N-dealkylation sites (tertiary alicyclic amines) is 1. The number of halogens is 3. The summed E-state index contributed by atoms with van der Waals surface area (Å²) in [5.41, 5.74) is 0.576. The highest BCUT2D eigenvalue weighted by molar-refractivity contribution is 6.35. The summed E-state index contributed by atoms with van der Waals surface area (Å²) < 4.78 is 0. The van der Waals surface area contributed by atoms with Crippen LogP contribution in [0.5, 0.6) is 0 Å². The molecule has 3 rings (SSSR count). The molecule has 0 bridgehead atoms. The van der Waals surface area contributed by atoms with Gasteiger partial charge in [0.2, 0.25) is 5.91 Å². The van der Waals surface area contributed by atoms with Gasteiger partial charge in [0.05, 0.1) is 16.0 Å². The molecule has 2 heterocycles. The number of nitrogens with one attached hydrogen (secondary N) is 2. The highest BCUT2D eigenvalue weighted by Crippen LogP contribution is 2.22. The fourth-order valence-electron chi connectivity index (χ4n) is 3.21. The van der Waals surface area contributed by atoms with Crippen molar-refractivity contribution in [3.05, 3.63) is 57.2 Å². The maximum Gasteiger partial charge on any atom is 0.253 e. The lowest BCUT2D eigenvalue weighted by Crippen LogP contribution is -2.46. The molecule has 0 spiro atoms. The van der Waals surface area contributed by atoms with Crippen LogP contribution in [0.3, 0.4) is 0 Å². The monoisotopic (exact) mass is 454 g/mol. The number of pyridine rings is 1. The third-order valence-electron chi connectivity index (χ3n) is 4.70. The molecule has 1 aromatic carbocycles. The average Bonchev–Trinajstić information content (AvgIpc) is 2.72. The first-order valence-electron chi connectivity index (χ1n) is 9.31. The molecule has 2 N–H and O–H groups in total. The third kappa shape index (κ3) is 5.98. The Balaban J connectivity index is 1.46. The Bertz CT molecular complexity index is 877. The summed E-state index contributed by atoms with van der Waals surface area (Å²) in [5.74, 6) is 0.153. The third-order valence-corrected chi connectivity index (χ3v) is 5.44. The number of amides is 2. The number of hydrogen-bond donors (Lipinski definition) is 2. The minimum Gasteiger partial charge on any atom is -0.367 e. The van der Waals surface area contributed by atoms with Crippen LogP contribution in [-0.2, 0) is 4.79 Å². The van der Waals surface area contributed by atoms with Crippen molar-refractivity contribution in [3.63, 3.8) is 0 Å². The van der Waals surface area contributed by atoms with Crippen LogP contribution in [0.15, 0.2) is 36.5 Å². The van der Waals surface area contributed by atoms with Gasteiger partial charge in [-0.3, -0.25) is 9.59 Å². The van der Waals surface area contributed by atoms with E-state index in [0.717, 1.165) is 12.8 Å². The van der Waals surface area contributed by atoms with Crippen molar-refractivity contribution in [3.8, 4) is 0 Å². The first-order chi connectivity index (χ1) is 13.9. The van der Waals surface area contributed by atoms with E-state index in [-0.39, 0.29) is 17.7 Å². The number of anilines is 1. The van der Waals surface area contributed by atoms with E-state index >= 15 is 0 Å². The van der Waals surface area contributed by atoms with Crippen LogP contribution in [0.2, 0.25) is 15.1 Å². The van der Waals surface area contributed by atoms with E-state index in [1.807, 2.05) is 0 Å².